The van der Waals surface area contributed by atoms with Crippen molar-refractivity contribution < 1.29 is 4.79 Å². The zero-order valence-electron chi connectivity index (χ0n) is 17.2. The van der Waals surface area contributed by atoms with Crippen molar-refractivity contribution in [3.8, 4) is 5.69 Å². The number of hydrogen-bond acceptors (Lipinski definition) is 3. The highest BCUT2D eigenvalue weighted by molar-refractivity contribution is 9.10. The predicted octanol–water partition coefficient (Wildman–Crippen LogP) is 4.81. The van der Waals surface area contributed by atoms with Gasteiger partial charge < -0.3 is 5.32 Å². The Bertz CT molecular complexity index is 1330. The van der Waals surface area contributed by atoms with Crippen LogP contribution in [0.15, 0.2) is 99.3 Å². The van der Waals surface area contributed by atoms with Gasteiger partial charge in [0.1, 0.15) is 5.71 Å². The molecule has 0 atom stereocenters. The lowest BCUT2D eigenvalue weighted by Crippen LogP contribution is -2.28. The lowest BCUT2D eigenvalue weighted by Gasteiger charge is -2.08. The van der Waals surface area contributed by atoms with E-state index in [-0.39, 0.29) is 5.56 Å². The summed E-state index contributed by atoms with van der Waals surface area (Å²) in [5.74, 6) is 0. The summed E-state index contributed by atoms with van der Waals surface area (Å²) in [4.78, 5) is 25.7. The molecular weight excluding hydrogens is 470 g/mol. The van der Waals surface area contributed by atoms with Crippen LogP contribution in [0.25, 0.3) is 5.69 Å². The van der Waals surface area contributed by atoms with Crippen molar-refractivity contribution in [3.63, 3.8) is 0 Å². The molecule has 0 unspecified atom stereocenters. The summed E-state index contributed by atoms with van der Waals surface area (Å²) in [5.41, 5.74) is 5.61. The van der Waals surface area contributed by atoms with Gasteiger partial charge in [-0.1, -0.05) is 64.5 Å². The number of benzene rings is 3. The Morgan fingerprint density at radius 1 is 0.969 bits per heavy atom. The van der Waals surface area contributed by atoms with E-state index in [9.17, 15) is 9.59 Å². The monoisotopic (exact) mass is 489 g/mol. The number of aromatic amines is 1. The van der Waals surface area contributed by atoms with Crippen LogP contribution >= 0.6 is 15.9 Å². The Morgan fingerprint density at radius 2 is 1.66 bits per heavy atom. The Morgan fingerprint density at radius 3 is 2.34 bits per heavy atom. The summed E-state index contributed by atoms with van der Waals surface area (Å²) in [5, 5.41) is 10.1. The number of carbonyl (C=O) groups excluding carboxylic acids is 1. The third kappa shape index (κ3) is 4.70. The fraction of sp³-hybridized carbons (Fsp3) is 0.0417. The van der Waals surface area contributed by atoms with Gasteiger partial charge in [0, 0.05) is 21.4 Å². The lowest BCUT2D eigenvalue weighted by atomic mass is 10.0. The number of urea groups is 1. The first kappa shape index (κ1) is 21.3. The fourth-order valence-electron chi connectivity index (χ4n) is 3.27. The van der Waals surface area contributed by atoms with E-state index in [4.69, 9.17) is 0 Å². The van der Waals surface area contributed by atoms with Crippen molar-refractivity contribution in [3.05, 3.63) is 117 Å². The number of nitrogens with one attached hydrogen (secondary N) is 3. The van der Waals surface area contributed by atoms with Crippen molar-refractivity contribution in [1.82, 2.24) is 15.2 Å². The zero-order chi connectivity index (χ0) is 22.5. The summed E-state index contributed by atoms with van der Waals surface area (Å²) in [7, 11) is 0. The van der Waals surface area contributed by atoms with Crippen LogP contribution in [0.4, 0.5) is 10.5 Å². The van der Waals surface area contributed by atoms with Crippen molar-refractivity contribution in [2.75, 3.05) is 5.32 Å². The van der Waals surface area contributed by atoms with Gasteiger partial charge in [0.2, 0.25) is 0 Å². The number of halogens is 1. The molecule has 0 spiro atoms. The number of aryl methyl sites for hydroxylation is 1. The minimum absolute atomic E-state index is 0.266. The minimum Gasteiger partial charge on any atom is -0.307 e. The maximum absolute atomic E-state index is 13.3. The summed E-state index contributed by atoms with van der Waals surface area (Å²) >= 11 is 3.46. The Balaban J connectivity index is 1.74. The van der Waals surface area contributed by atoms with E-state index < -0.39 is 6.03 Å². The van der Waals surface area contributed by atoms with E-state index in [1.807, 2.05) is 72.8 Å². The molecule has 3 N–H and O–H groups in total. The van der Waals surface area contributed by atoms with Gasteiger partial charge in [-0.2, -0.15) is 5.10 Å². The van der Waals surface area contributed by atoms with Crippen molar-refractivity contribution in [2.45, 2.75) is 6.92 Å². The number of hydrogen-bond donors (Lipinski definition) is 3. The average molecular weight is 490 g/mol. The molecule has 32 heavy (non-hydrogen) atoms. The third-order valence-corrected chi connectivity index (χ3v) is 5.21. The molecule has 4 aromatic rings. The third-order valence-electron chi connectivity index (χ3n) is 4.72. The first-order valence-corrected chi connectivity index (χ1v) is 10.7. The van der Waals surface area contributed by atoms with E-state index in [0.29, 0.717) is 33.9 Å². The molecule has 0 bridgehead atoms. The SMILES string of the molecule is Cc1[nH]n(-c2ccccc2)c(=O)c1/C(=N/NC(=O)Nc1ccccc1)c1cccc(Br)c1. The van der Waals surface area contributed by atoms with Crippen LogP contribution < -0.4 is 16.3 Å². The lowest BCUT2D eigenvalue weighted by molar-refractivity contribution is 0.252. The second-order valence-corrected chi connectivity index (χ2v) is 7.91. The summed E-state index contributed by atoms with van der Waals surface area (Å²) in [6.07, 6.45) is 0. The van der Waals surface area contributed by atoms with Gasteiger partial charge in [0.25, 0.3) is 5.56 Å². The van der Waals surface area contributed by atoms with Gasteiger partial charge in [-0.05, 0) is 43.3 Å². The van der Waals surface area contributed by atoms with Gasteiger partial charge in [0.05, 0.1) is 11.3 Å². The van der Waals surface area contributed by atoms with Crippen LogP contribution in [0, 0.1) is 6.92 Å². The molecule has 160 valence electrons. The Hall–Kier alpha value is -3.91. The van der Waals surface area contributed by atoms with Crippen molar-refractivity contribution in [1.29, 1.82) is 0 Å². The standard InChI is InChI=1S/C24H20BrN5O2/c1-16-21(23(31)30(29-16)20-13-6-3-7-14-20)22(17-9-8-10-18(25)15-17)27-28-24(32)26-19-11-4-2-5-12-19/h2-15,29H,1H3,(H2,26,28,32)/b27-22+. The first-order valence-electron chi connectivity index (χ1n) is 9.86. The molecule has 4 rings (SSSR count). The first-order chi connectivity index (χ1) is 15.5. The molecular formula is C24H20BrN5O2. The van der Waals surface area contributed by atoms with Gasteiger partial charge in [-0.25, -0.2) is 14.9 Å². The fourth-order valence-corrected chi connectivity index (χ4v) is 3.67. The van der Waals surface area contributed by atoms with Gasteiger partial charge in [-0.15, -0.1) is 0 Å². The minimum atomic E-state index is -0.514. The highest BCUT2D eigenvalue weighted by Gasteiger charge is 2.20. The summed E-state index contributed by atoms with van der Waals surface area (Å²) in [6, 6.07) is 25.2. The molecule has 2 amide bonds. The normalized spacial score (nSPS) is 11.2. The second kappa shape index (κ2) is 9.49. The number of hydrazone groups is 1. The predicted molar refractivity (Wildman–Crippen MR) is 130 cm³/mol. The second-order valence-electron chi connectivity index (χ2n) is 6.99. The Kier molecular flexibility index (Phi) is 6.32. The molecule has 0 radical (unpaired) electrons. The maximum Gasteiger partial charge on any atom is 0.339 e. The number of nitrogens with zero attached hydrogens (tertiary/aromatic N) is 2. The molecule has 7 nitrogen and oxygen atoms in total. The van der Waals surface area contributed by atoms with Crippen LogP contribution in [-0.4, -0.2) is 21.5 Å². The number of anilines is 1. The summed E-state index contributed by atoms with van der Waals surface area (Å²) < 4.78 is 2.29. The summed E-state index contributed by atoms with van der Waals surface area (Å²) in [6.45, 7) is 1.80. The van der Waals surface area contributed by atoms with E-state index >= 15 is 0 Å². The molecule has 0 saturated carbocycles. The molecule has 1 heterocycles. The molecule has 1 aromatic heterocycles. The number of aromatic nitrogens is 2. The van der Waals surface area contributed by atoms with Gasteiger partial charge >= 0.3 is 6.03 Å². The van der Waals surface area contributed by atoms with Crippen molar-refractivity contribution in [2.24, 2.45) is 5.10 Å². The highest BCUT2D eigenvalue weighted by Crippen LogP contribution is 2.17. The molecule has 0 aliphatic rings. The number of amides is 2. The van der Waals surface area contributed by atoms with E-state index in [1.54, 1.807) is 19.1 Å². The maximum atomic E-state index is 13.3. The molecule has 0 aliphatic carbocycles. The number of carbonyl (C=O) groups is 1. The number of H-pyrrole nitrogens is 1. The smallest absolute Gasteiger partial charge is 0.307 e. The van der Waals surface area contributed by atoms with Crippen LogP contribution in [0.5, 0.6) is 0 Å². The van der Waals surface area contributed by atoms with E-state index in [0.717, 1.165) is 4.47 Å². The molecule has 0 saturated heterocycles. The topological polar surface area (TPSA) is 91.3 Å². The van der Waals surface area contributed by atoms with Gasteiger partial charge in [0.15, 0.2) is 0 Å². The van der Waals surface area contributed by atoms with Crippen LogP contribution in [0.3, 0.4) is 0 Å². The van der Waals surface area contributed by atoms with Crippen LogP contribution in [0.2, 0.25) is 0 Å². The molecule has 0 fully saturated rings. The zero-order valence-corrected chi connectivity index (χ0v) is 18.8. The van der Waals surface area contributed by atoms with E-state index in [1.165, 1.54) is 4.68 Å². The quantitative estimate of drug-likeness (QED) is 0.277. The molecule has 3 aromatic carbocycles. The number of para-hydroxylation sites is 2. The van der Waals surface area contributed by atoms with E-state index in [2.05, 4.69) is 36.9 Å². The highest BCUT2D eigenvalue weighted by atomic mass is 79.9. The van der Waals surface area contributed by atoms with Crippen molar-refractivity contribution >= 4 is 33.4 Å². The molecule has 0 aliphatic heterocycles. The number of rotatable bonds is 5. The van der Waals surface area contributed by atoms with Crippen LogP contribution in [-0.2, 0) is 0 Å². The largest absolute Gasteiger partial charge is 0.339 e. The van der Waals surface area contributed by atoms with Crippen LogP contribution in [0.1, 0.15) is 16.8 Å². The average Bonchev–Trinajstić information content (AvgIpc) is 3.09. The Labute approximate surface area is 192 Å². The molecule has 8 heteroatoms. The van der Waals surface area contributed by atoms with Gasteiger partial charge in [-0.3, -0.25) is 9.89 Å².